The van der Waals surface area contributed by atoms with E-state index in [2.05, 4.69) is 10.2 Å². The van der Waals surface area contributed by atoms with E-state index in [0.29, 0.717) is 10.8 Å². The molecule has 7 heteroatoms. The van der Waals surface area contributed by atoms with E-state index in [1.165, 1.54) is 17.0 Å². The Morgan fingerprint density at radius 2 is 2.33 bits per heavy atom. The van der Waals surface area contributed by atoms with Gasteiger partial charge in [-0.2, -0.15) is 0 Å². The number of aliphatic carboxylic acids is 1. The van der Waals surface area contributed by atoms with Crippen LogP contribution < -0.4 is 0 Å². The van der Waals surface area contributed by atoms with E-state index in [9.17, 15) is 9.18 Å². The fourth-order valence-electron chi connectivity index (χ4n) is 1.42. The number of nitrogens with zero attached hydrogens (tertiary/aromatic N) is 3. The van der Waals surface area contributed by atoms with Crippen LogP contribution in [0.2, 0.25) is 0 Å². The standard InChI is InChI=1S/C11H10FN3O2S/c1-7-2-3-9(8(12)4-7)15-6-13-14-11(15)18-5-10(16)17/h2-4,6H,5H2,1H3,(H,16,17). The van der Waals surface area contributed by atoms with Crippen LogP contribution in [0.15, 0.2) is 29.7 Å². The highest BCUT2D eigenvalue weighted by atomic mass is 32.2. The van der Waals surface area contributed by atoms with Gasteiger partial charge in [0.15, 0.2) is 5.16 Å². The molecule has 0 radical (unpaired) electrons. The summed E-state index contributed by atoms with van der Waals surface area (Å²) in [6, 6.07) is 4.78. The van der Waals surface area contributed by atoms with E-state index < -0.39 is 11.8 Å². The SMILES string of the molecule is Cc1ccc(-n2cnnc2SCC(=O)O)c(F)c1. The molecule has 0 atom stereocenters. The molecule has 1 heterocycles. The molecular formula is C11H10FN3O2S. The molecule has 2 rings (SSSR count). The van der Waals surface area contributed by atoms with Crippen LogP contribution in [0.3, 0.4) is 0 Å². The molecule has 0 fully saturated rings. The number of rotatable bonds is 4. The van der Waals surface area contributed by atoms with Crippen molar-refractivity contribution in [1.29, 1.82) is 0 Å². The van der Waals surface area contributed by atoms with Crippen molar-refractivity contribution < 1.29 is 14.3 Å². The second-order valence-corrected chi connectivity index (χ2v) is 4.56. The van der Waals surface area contributed by atoms with E-state index in [4.69, 9.17) is 5.11 Å². The first kappa shape index (κ1) is 12.6. The van der Waals surface area contributed by atoms with E-state index in [-0.39, 0.29) is 5.75 Å². The predicted molar refractivity (Wildman–Crippen MR) is 64.4 cm³/mol. The molecule has 0 unspecified atom stereocenters. The summed E-state index contributed by atoms with van der Waals surface area (Å²) in [5, 5.41) is 16.4. The van der Waals surface area contributed by atoms with Gasteiger partial charge in [0.1, 0.15) is 12.1 Å². The van der Waals surface area contributed by atoms with Crippen molar-refractivity contribution in [2.45, 2.75) is 12.1 Å². The van der Waals surface area contributed by atoms with Gasteiger partial charge in [0.2, 0.25) is 0 Å². The molecule has 0 aliphatic carbocycles. The summed E-state index contributed by atoms with van der Waals surface area (Å²) < 4.78 is 15.2. The number of carboxylic acids is 1. The summed E-state index contributed by atoms with van der Waals surface area (Å²) in [6.45, 7) is 1.79. The highest BCUT2D eigenvalue weighted by Gasteiger charge is 2.12. The van der Waals surface area contributed by atoms with Gasteiger partial charge >= 0.3 is 5.97 Å². The van der Waals surface area contributed by atoms with Gasteiger partial charge in [-0.3, -0.25) is 9.36 Å². The largest absolute Gasteiger partial charge is 0.481 e. The zero-order valence-electron chi connectivity index (χ0n) is 9.50. The molecule has 1 aromatic heterocycles. The molecule has 0 amide bonds. The summed E-state index contributed by atoms with van der Waals surface area (Å²) in [5.74, 6) is -1.50. The number of thioether (sulfide) groups is 1. The van der Waals surface area contributed by atoms with Gasteiger partial charge in [-0.15, -0.1) is 10.2 Å². The molecule has 0 saturated carbocycles. The Bertz CT molecular complexity index is 585. The number of halogens is 1. The lowest BCUT2D eigenvalue weighted by atomic mass is 10.2. The van der Waals surface area contributed by atoms with Crippen LogP contribution in [-0.4, -0.2) is 31.6 Å². The predicted octanol–water partition coefficient (Wildman–Crippen LogP) is 1.89. The molecular weight excluding hydrogens is 257 g/mol. The van der Waals surface area contributed by atoms with Crippen molar-refractivity contribution in [3.05, 3.63) is 35.9 Å². The molecule has 1 aromatic carbocycles. The van der Waals surface area contributed by atoms with Crippen molar-refractivity contribution >= 4 is 17.7 Å². The first-order valence-electron chi connectivity index (χ1n) is 5.09. The van der Waals surface area contributed by atoms with Crippen molar-refractivity contribution in [1.82, 2.24) is 14.8 Å². The van der Waals surface area contributed by atoms with Gasteiger partial charge in [-0.1, -0.05) is 17.8 Å². The normalized spacial score (nSPS) is 10.6. The Morgan fingerprint density at radius 3 is 3.00 bits per heavy atom. The van der Waals surface area contributed by atoms with Gasteiger partial charge in [0.25, 0.3) is 0 Å². The molecule has 18 heavy (non-hydrogen) atoms. The van der Waals surface area contributed by atoms with Crippen molar-refractivity contribution in [2.75, 3.05) is 5.75 Å². The lowest BCUT2D eigenvalue weighted by Crippen LogP contribution is -2.02. The zero-order valence-corrected chi connectivity index (χ0v) is 10.3. The second kappa shape index (κ2) is 5.18. The van der Waals surface area contributed by atoms with Crippen LogP contribution in [0.4, 0.5) is 4.39 Å². The molecule has 2 aromatic rings. The van der Waals surface area contributed by atoms with Crippen LogP contribution in [0.1, 0.15) is 5.56 Å². The summed E-state index contributed by atoms with van der Waals surface area (Å²) in [4.78, 5) is 10.5. The molecule has 0 spiro atoms. The maximum atomic E-state index is 13.8. The molecule has 0 bridgehead atoms. The molecule has 5 nitrogen and oxygen atoms in total. The van der Waals surface area contributed by atoms with Crippen LogP contribution in [-0.2, 0) is 4.79 Å². The van der Waals surface area contributed by atoms with Gasteiger partial charge in [-0.05, 0) is 24.6 Å². The second-order valence-electron chi connectivity index (χ2n) is 3.62. The number of aryl methyl sites for hydroxylation is 1. The first-order valence-corrected chi connectivity index (χ1v) is 6.07. The fourth-order valence-corrected chi connectivity index (χ4v) is 2.06. The average Bonchev–Trinajstić information content (AvgIpc) is 2.74. The number of carboxylic acid groups (broad SMARTS) is 1. The van der Waals surface area contributed by atoms with Crippen LogP contribution in [0.5, 0.6) is 0 Å². The highest BCUT2D eigenvalue weighted by molar-refractivity contribution is 7.99. The third-order valence-electron chi connectivity index (χ3n) is 2.20. The third kappa shape index (κ3) is 2.67. The van der Waals surface area contributed by atoms with Gasteiger partial charge < -0.3 is 5.11 Å². The van der Waals surface area contributed by atoms with Gasteiger partial charge in [0.05, 0.1) is 11.4 Å². The van der Waals surface area contributed by atoms with Crippen LogP contribution in [0.25, 0.3) is 5.69 Å². The Hall–Kier alpha value is -1.89. The Kier molecular flexibility index (Phi) is 3.61. The molecule has 0 saturated heterocycles. The Morgan fingerprint density at radius 1 is 1.56 bits per heavy atom. The van der Waals surface area contributed by atoms with E-state index in [0.717, 1.165) is 17.3 Å². The van der Waals surface area contributed by atoms with Gasteiger partial charge in [0, 0.05) is 0 Å². The summed E-state index contributed by atoms with van der Waals surface area (Å²) >= 11 is 0.993. The average molecular weight is 267 g/mol. The number of hydrogen-bond donors (Lipinski definition) is 1. The molecule has 1 N–H and O–H groups in total. The number of benzene rings is 1. The van der Waals surface area contributed by atoms with E-state index in [1.807, 2.05) is 0 Å². The van der Waals surface area contributed by atoms with E-state index >= 15 is 0 Å². The Labute approximate surface area is 107 Å². The quantitative estimate of drug-likeness (QED) is 0.857. The smallest absolute Gasteiger partial charge is 0.313 e. The maximum Gasteiger partial charge on any atom is 0.313 e. The minimum atomic E-state index is -0.959. The van der Waals surface area contributed by atoms with E-state index in [1.54, 1.807) is 19.1 Å². The highest BCUT2D eigenvalue weighted by Crippen LogP contribution is 2.21. The molecule has 0 aliphatic heterocycles. The van der Waals surface area contributed by atoms with Crippen molar-refractivity contribution in [3.63, 3.8) is 0 Å². The molecule has 0 aliphatic rings. The lowest BCUT2D eigenvalue weighted by molar-refractivity contribution is -0.133. The van der Waals surface area contributed by atoms with Crippen LogP contribution >= 0.6 is 11.8 Å². The zero-order chi connectivity index (χ0) is 13.1. The van der Waals surface area contributed by atoms with Crippen molar-refractivity contribution in [2.24, 2.45) is 0 Å². The topological polar surface area (TPSA) is 68.0 Å². The maximum absolute atomic E-state index is 13.8. The first-order chi connectivity index (χ1) is 8.58. The number of aromatic nitrogens is 3. The van der Waals surface area contributed by atoms with Gasteiger partial charge in [-0.25, -0.2) is 4.39 Å². The summed E-state index contributed by atoms with van der Waals surface area (Å²) in [7, 11) is 0. The number of carbonyl (C=O) groups is 1. The summed E-state index contributed by atoms with van der Waals surface area (Å²) in [6.07, 6.45) is 1.36. The minimum absolute atomic E-state index is 0.147. The lowest BCUT2D eigenvalue weighted by Gasteiger charge is -2.07. The fraction of sp³-hybridized carbons (Fsp3) is 0.182. The minimum Gasteiger partial charge on any atom is -0.481 e. The monoisotopic (exact) mass is 267 g/mol. The summed E-state index contributed by atoms with van der Waals surface area (Å²) in [5.41, 5.74) is 1.11. The number of hydrogen-bond acceptors (Lipinski definition) is 4. The van der Waals surface area contributed by atoms with Crippen molar-refractivity contribution in [3.8, 4) is 5.69 Å². The van der Waals surface area contributed by atoms with Crippen LogP contribution in [0, 0.1) is 12.7 Å². The molecule has 94 valence electrons. The Balaban J connectivity index is 2.33. The third-order valence-corrected chi connectivity index (χ3v) is 3.13.